The van der Waals surface area contributed by atoms with Crippen molar-refractivity contribution in [2.75, 3.05) is 33.8 Å². The second-order valence-electron chi connectivity index (χ2n) is 7.42. The first-order valence-electron chi connectivity index (χ1n) is 10.4. The average molecular weight is 463 g/mol. The van der Waals surface area contributed by atoms with Crippen LogP contribution in [0.4, 0.5) is 5.69 Å². The number of fused-ring (bicyclic) bond motifs is 1. The molecule has 0 aliphatic heterocycles. The summed E-state index contributed by atoms with van der Waals surface area (Å²) in [7, 11) is 6.24. The highest BCUT2D eigenvalue weighted by atomic mass is 16.5. The van der Waals surface area contributed by atoms with Crippen molar-refractivity contribution in [1.82, 2.24) is 19.8 Å². The Kier molecular flexibility index (Phi) is 6.22. The predicted molar refractivity (Wildman–Crippen MR) is 126 cm³/mol. The Bertz CT molecular complexity index is 1380. The van der Waals surface area contributed by atoms with Gasteiger partial charge in [-0.1, -0.05) is 6.07 Å². The Morgan fingerprint density at radius 1 is 0.853 bits per heavy atom. The molecule has 0 atom stereocenters. The van der Waals surface area contributed by atoms with Gasteiger partial charge in [0.2, 0.25) is 0 Å². The normalized spacial score (nSPS) is 10.8. The highest BCUT2D eigenvalue weighted by Gasteiger charge is 2.22. The van der Waals surface area contributed by atoms with Crippen molar-refractivity contribution in [3.63, 3.8) is 0 Å². The summed E-state index contributed by atoms with van der Waals surface area (Å²) < 4.78 is 23.0. The number of rotatable bonds is 7. The van der Waals surface area contributed by atoms with Crippen LogP contribution < -0.4 is 24.3 Å². The Morgan fingerprint density at radius 2 is 1.56 bits per heavy atom. The van der Waals surface area contributed by atoms with Gasteiger partial charge in [0.05, 0.1) is 51.1 Å². The van der Waals surface area contributed by atoms with E-state index in [0.717, 1.165) is 16.8 Å². The molecule has 2 aromatic carbocycles. The summed E-state index contributed by atoms with van der Waals surface area (Å²) in [5.41, 5.74) is 4.03. The van der Waals surface area contributed by atoms with Crippen LogP contribution in [0.15, 0.2) is 36.4 Å². The highest BCUT2D eigenvalue weighted by molar-refractivity contribution is 6.04. The van der Waals surface area contributed by atoms with Crippen LogP contribution >= 0.6 is 0 Å². The quantitative estimate of drug-likeness (QED) is 0.442. The van der Waals surface area contributed by atoms with Gasteiger partial charge in [0.15, 0.2) is 22.8 Å². The first-order chi connectivity index (χ1) is 16.4. The van der Waals surface area contributed by atoms with E-state index >= 15 is 0 Å². The number of aryl methyl sites for hydroxylation is 2. The van der Waals surface area contributed by atoms with E-state index in [0.29, 0.717) is 40.0 Å². The lowest BCUT2D eigenvalue weighted by Gasteiger charge is -2.12. The van der Waals surface area contributed by atoms with Crippen LogP contribution in [0.3, 0.4) is 0 Å². The van der Waals surface area contributed by atoms with Crippen LogP contribution in [-0.2, 0) is 0 Å². The van der Waals surface area contributed by atoms with Crippen molar-refractivity contribution in [3.05, 3.63) is 53.5 Å². The number of nitrogens with zero attached hydrogens (tertiary/aromatic N) is 4. The minimum Gasteiger partial charge on any atom is -0.497 e. The molecule has 1 N–H and O–H groups in total. The zero-order chi connectivity index (χ0) is 24.4. The van der Waals surface area contributed by atoms with Crippen molar-refractivity contribution >= 4 is 17.2 Å². The van der Waals surface area contributed by atoms with Gasteiger partial charge in [0.1, 0.15) is 11.5 Å². The third-order valence-electron chi connectivity index (χ3n) is 5.48. The second kappa shape index (κ2) is 9.26. The largest absolute Gasteiger partial charge is 0.497 e. The molecule has 0 saturated heterocycles. The van der Waals surface area contributed by atoms with Crippen molar-refractivity contribution in [2.24, 2.45) is 0 Å². The molecular formula is C24H25N5O5. The number of carbonyl (C=O) groups excluding carboxylic acids is 1. The van der Waals surface area contributed by atoms with Crippen LogP contribution in [0.1, 0.15) is 21.9 Å². The lowest BCUT2D eigenvalue weighted by atomic mass is 10.1. The smallest absolute Gasteiger partial charge is 0.278 e. The number of methoxy groups -OCH3 is 4. The zero-order valence-corrected chi connectivity index (χ0v) is 19.8. The van der Waals surface area contributed by atoms with Gasteiger partial charge in [0.25, 0.3) is 5.91 Å². The fraction of sp³-hybridized carbons (Fsp3) is 0.250. The monoisotopic (exact) mass is 463 g/mol. The molecule has 10 nitrogen and oxygen atoms in total. The third kappa shape index (κ3) is 3.94. The van der Waals surface area contributed by atoms with E-state index in [9.17, 15) is 4.79 Å². The molecule has 0 aliphatic carbocycles. The van der Waals surface area contributed by atoms with Crippen molar-refractivity contribution < 1.29 is 23.7 Å². The molecule has 0 radical (unpaired) electrons. The SMILES string of the molecule is COc1ccc(OC)c(NC(=O)c2nnc3c(-c4ccc(OC)c(OC)c4)c(C)nn3c2C)c1. The molecule has 34 heavy (non-hydrogen) atoms. The summed E-state index contributed by atoms with van der Waals surface area (Å²) in [6.45, 7) is 3.64. The van der Waals surface area contributed by atoms with E-state index < -0.39 is 5.91 Å². The number of aromatic nitrogens is 4. The molecule has 0 fully saturated rings. The molecule has 176 valence electrons. The molecular weight excluding hydrogens is 438 g/mol. The molecule has 1 amide bonds. The summed E-state index contributed by atoms with van der Waals surface area (Å²) in [6.07, 6.45) is 0. The first kappa shape index (κ1) is 22.8. The molecule has 0 saturated carbocycles. The number of amides is 1. The van der Waals surface area contributed by atoms with E-state index in [1.807, 2.05) is 25.1 Å². The lowest BCUT2D eigenvalue weighted by molar-refractivity contribution is 0.101. The summed E-state index contributed by atoms with van der Waals surface area (Å²) in [4.78, 5) is 13.1. The van der Waals surface area contributed by atoms with E-state index in [4.69, 9.17) is 18.9 Å². The average Bonchev–Trinajstić information content (AvgIpc) is 3.20. The molecule has 0 aliphatic rings. The van der Waals surface area contributed by atoms with Gasteiger partial charge in [-0.05, 0) is 43.7 Å². The maximum Gasteiger partial charge on any atom is 0.278 e. The molecule has 0 unspecified atom stereocenters. The zero-order valence-electron chi connectivity index (χ0n) is 19.8. The minimum atomic E-state index is -0.445. The van der Waals surface area contributed by atoms with Gasteiger partial charge >= 0.3 is 0 Å². The van der Waals surface area contributed by atoms with Crippen LogP contribution in [0.5, 0.6) is 23.0 Å². The summed E-state index contributed by atoms with van der Waals surface area (Å²) in [5, 5.41) is 16.0. The van der Waals surface area contributed by atoms with E-state index in [2.05, 4.69) is 20.6 Å². The Balaban J connectivity index is 1.75. The highest BCUT2D eigenvalue weighted by Crippen LogP contribution is 2.35. The molecule has 0 spiro atoms. The van der Waals surface area contributed by atoms with Gasteiger partial charge in [-0.25, -0.2) is 4.52 Å². The number of hydrogen-bond acceptors (Lipinski definition) is 8. The molecule has 10 heteroatoms. The first-order valence-corrected chi connectivity index (χ1v) is 10.4. The van der Waals surface area contributed by atoms with Gasteiger partial charge in [0, 0.05) is 6.07 Å². The third-order valence-corrected chi connectivity index (χ3v) is 5.48. The Labute approximate surface area is 196 Å². The van der Waals surface area contributed by atoms with Gasteiger partial charge in [-0.3, -0.25) is 4.79 Å². The van der Waals surface area contributed by atoms with E-state index in [-0.39, 0.29) is 5.69 Å². The van der Waals surface area contributed by atoms with E-state index in [1.165, 1.54) is 7.11 Å². The topological polar surface area (TPSA) is 109 Å². The van der Waals surface area contributed by atoms with Crippen LogP contribution in [-0.4, -0.2) is 54.2 Å². The molecule has 2 heterocycles. The van der Waals surface area contributed by atoms with Crippen molar-refractivity contribution in [1.29, 1.82) is 0 Å². The Morgan fingerprint density at radius 3 is 2.24 bits per heavy atom. The predicted octanol–water partition coefficient (Wildman–Crippen LogP) is 3.69. The molecule has 4 aromatic rings. The van der Waals surface area contributed by atoms with Gasteiger partial charge < -0.3 is 24.3 Å². The second-order valence-corrected chi connectivity index (χ2v) is 7.42. The van der Waals surface area contributed by atoms with Crippen LogP contribution in [0, 0.1) is 13.8 Å². The number of carbonyl (C=O) groups is 1. The number of ether oxygens (including phenoxy) is 4. The maximum atomic E-state index is 13.1. The van der Waals surface area contributed by atoms with Crippen molar-refractivity contribution in [2.45, 2.75) is 13.8 Å². The standard InChI is InChI=1S/C24H25N5O5/c1-13-21(15-7-9-19(33-5)20(11-15)34-6)23-27-26-22(14(2)29(23)28-13)24(30)25-17-12-16(31-3)8-10-18(17)32-4/h7-12H,1-6H3,(H,25,30). The summed E-state index contributed by atoms with van der Waals surface area (Å²) in [6, 6.07) is 10.7. The molecule has 0 bridgehead atoms. The van der Waals surface area contributed by atoms with Crippen LogP contribution in [0.25, 0.3) is 16.8 Å². The summed E-state index contributed by atoms with van der Waals surface area (Å²) in [5.74, 6) is 1.84. The Hall–Kier alpha value is -4.34. The molecule has 4 rings (SSSR count). The number of nitrogens with one attached hydrogen (secondary N) is 1. The van der Waals surface area contributed by atoms with Crippen molar-refractivity contribution in [3.8, 4) is 34.1 Å². The fourth-order valence-corrected chi connectivity index (χ4v) is 3.74. The van der Waals surface area contributed by atoms with E-state index in [1.54, 1.807) is 51.0 Å². The molecule has 2 aromatic heterocycles. The fourth-order valence-electron chi connectivity index (χ4n) is 3.74. The van der Waals surface area contributed by atoms with Crippen LogP contribution in [0.2, 0.25) is 0 Å². The lowest BCUT2D eigenvalue weighted by Crippen LogP contribution is -2.19. The minimum absolute atomic E-state index is 0.138. The summed E-state index contributed by atoms with van der Waals surface area (Å²) >= 11 is 0. The number of anilines is 1. The number of benzene rings is 2. The maximum absolute atomic E-state index is 13.1. The van der Waals surface area contributed by atoms with Gasteiger partial charge in [-0.2, -0.15) is 5.10 Å². The van der Waals surface area contributed by atoms with Gasteiger partial charge in [-0.15, -0.1) is 10.2 Å². The number of hydrogen-bond donors (Lipinski definition) is 1.